The number of benzene rings is 1. The number of halogens is 1. The Morgan fingerprint density at radius 2 is 1.68 bits per heavy atom. The lowest BCUT2D eigenvalue weighted by Gasteiger charge is -2.31. The molecular weight excluding hydrogens is 287 g/mol. The van der Waals surface area contributed by atoms with Gasteiger partial charge >= 0.3 is 5.97 Å². The van der Waals surface area contributed by atoms with Crippen LogP contribution in [0.2, 0.25) is 0 Å². The maximum Gasteiger partial charge on any atom is 0.314 e. The van der Waals surface area contributed by atoms with Gasteiger partial charge in [-0.3, -0.25) is 4.79 Å². The normalized spacial score (nSPS) is 17.3. The molecule has 0 heterocycles. The molecule has 1 saturated carbocycles. The molecule has 0 amide bonds. The van der Waals surface area contributed by atoms with E-state index in [0.29, 0.717) is 35.5 Å². The Bertz CT molecular complexity index is 569. The lowest BCUT2D eigenvalue weighted by atomic mass is 9.74. The molecule has 122 valence electrons. The maximum absolute atomic E-state index is 14.7. The molecule has 1 aliphatic rings. The molecule has 0 saturated heterocycles. The van der Waals surface area contributed by atoms with Crippen molar-refractivity contribution in [2.24, 2.45) is 0 Å². The lowest BCUT2D eigenvalue weighted by Crippen LogP contribution is -2.35. The van der Waals surface area contributed by atoms with Crippen LogP contribution in [0.3, 0.4) is 0 Å². The monoisotopic (exact) mass is 310 g/mol. The van der Waals surface area contributed by atoms with Gasteiger partial charge in [-0.1, -0.05) is 12.8 Å². The minimum atomic E-state index is -1.67. The van der Waals surface area contributed by atoms with Crippen LogP contribution in [0.15, 0.2) is 12.1 Å². The first-order valence-corrected chi connectivity index (χ1v) is 7.45. The predicted molar refractivity (Wildman–Crippen MR) is 81.5 cm³/mol. The Morgan fingerprint density at radius 1 is 1.18 bits per heavy atom. The first-order chi connectivity index (χ1) is 10.3. The van der Waals surface area contributed by atoms with Crippen molar-refractivity contribution in [3.8, 4) is 11.5 Å². The second-order valence-electron chi connectivity index (χ2n) is 6.32. The average Bonchev–Trinajstić information content (AvgIpc) is 2.95. The fraction of sp³-hybridized carbons (Fsp3) is 0.588. The molecule has 5 heteroatoms. The fourth-order valence-corrected chi connectivity index (χ4v) is 3.34. The lowest BCUT2D eigenvalue weighted by molar-refractivity contribution is -0.143. The molecule has 0 atom stereocenters. The molecule has 0 unspecified atom stereocenters. The Labute approximate surface area is 130 Å². The minimum absolute atomic E-state index is 0.356. The molecule has 1 fully saturated rings. The molecule has 22 heavy (non-hydrogen) atoms. The van der Waals surface area contributed by atoms with E-state index >= 15 is 0 Å². The molecule has 4 nitrogen and oxygen atoms in total. The highest BCUT2D eigenvalue weighted by molar-refractivity contribution is 5.83. The molecule has 0 radical (unpaired) electrons. The Kier molecular flexibility index (Phi) is 4.36. The quantitative estimate of drug-likeness (QED) is 0.898. The van der Waals surface area contributed by atoms with Crippen molar-refractivity contribution in [2.75, 3.05) is 14.2 Å². The number of hydrogen-bond acceptors (Lipinski definition) is 3. The highest BCUT2D eigenvalue weighted by Gasteiger charge is 2.46. The van der Waals surface area contributed by atoms with Gasteiger partial charge in [0.2, 0.25) is 0 Å². The highest BCUT2D eigenvalue weighted by atomic mass is 19.1. The van der Waals surface area contributed by atoms with Gasteiger partial charge in [-0.2, -0.15) is 0 Å². The van der Waals surface area contributed by atoms with Gasteiger partial charge in [-0.25, -0.2) is 4.39 Å². The van der Waals surface area contributed by atoms with E-state index in [2.05, 4.69) is 0 Å². The minimum Gasteiger partial charge on any atom is -0.493 e. The number of methoxy groups -OCH3 is 2. The third-order valence-corrected chi connectivity index (χ3v) is 4.55. The van der Waals surface area contributed by atoms with Crippen molar-refractivity contribution < 1.29 is 23.8 Å². The van der Waals surface area contributed by atoms with Crippen LogP contribution >= 0.6 is 0 Å². The van der Waals surface area contributed by atoms with Crippen molar-refractivity contribution in [3.05, 3.63) is 23.3 Å². The van der Waals surface area contributed by atoms with E-state index in [9.17, 15) is 14.3 Å². The number of ether oxygens (including phenoxy) is 2. The molecule has 2 rings (SSSR count). The second kappa shape index (κ2) is 5.78. The highest BCUT2D eigenvalue weighted by Crippen LogP contribution is 2.48. The standard InChI is InChI=1S/C17H23FO4/c1-16(2,18)11-9-13(21-3)14(22-4)10-12(11)17(15(19)20)7-5-6-8-17/h9-10H,5-8H2,1-4H3,(H,19,20). The third kappa shape index (κ3) is 2.64. The summed E-state index contributed by atoms with van der Waals surface area (Å²) in [6.07, 6.45) is 2.68. The topological polar surface area (TPSA) is 55.8 Å². The Balaban J connectivity index is 2.74. The summed E-state index contributed by atoms with van der Waals surface area (Å²) in [6.45, 7) is 2.87. The summed E-state index contributed by atoms with van der Waals surface area (Å²) in [7, 11) is 2.97. The van der Waals surface area contributed by atoms with Crippen molar-refractivity contribution >= 4 is 5.97 Å². The largest absolute Gasteiger partial charge is 0.493 e. The molecule has 1 N–H and O–H groups in total. The van der Waals surface area contributed by atoms with Crippen LogP contribution in [0.1, 0.15) is 50.7 Å². The van der Waals surface area contributed by atoms with E-state index in [-0.39, 0.29) is 0 Å². The van der Waals surface area contributed by atoms with Crippen molar-refractivity contribution in [1.29, 1.82) is 0 Å². The molecule has 1 aromatic carbocycles. The van der Waals surface area contributed by atoms with Crippen LogP contribution < -0.4 is 9.47 Å². The summed E-state index contributed by atoms with van der Waals surface area (Å²) in [4.78, 5) is 12.0. The van der Waals surface area contributed by atoms with E-state index < -0.39 is 17.1 Å². The third-order valence-electron chi connectivity index (χ3n) is 4.55. The van der Waals surface area contributed by atoms with Crippen LogP contribution in [0.25, 0.3) is 0 Å². The van der Waals surface area contributed by atoms with E-state index in [1.165, 1.54) is 28.1 Å². The molecule has 1 aromatic rings. The van der Waals surface area contributed by atoms with Crippen molar-refractivity contribution in [2.45, 2.75) is 50.6 Å². The van der Waals surface area contributed by atoms with Gasteiger partial charge in [-0.05, 0) is 49.9 Å². The zero-order valence-electron chi connectivity index (χ0n) is 13.5. The number of carbonyl (C=O) groups is 1. The van der Waals surface area contributed by atoms with Gasteiger partial charge in [0.25, 0.3) is 0 Å². The van der Waals surface area contributed by atoms with Crippen LogP contribution in [0, 0.1) is 0 Å². The first-order valence-electron chi connectivity index (χ1n) is 7.45. The predicted octanol–water partition coefficient (Wildman–Crippen LogP) is 3.80. The molecule has 0 bridgehead atoms. The van der Waals surface area contributed by atoms with Crippen LogP contribution in [-0.2, 0) is 15.9 Å². The molecule has 1 aliphatic carbocycles. The zero-order valence-corrected chi connectivity index (χ0v) is 13.5. The summed E-state index contributed by atoms with van der Waals surface area (Å²) in [5.74, 6) is -0.0637. The summed E-state index contributed by atoms with van der Waals surface area (Å²) in [6, 6.07) is 3.20. The van der Waals surface area contributed by atoms with E-state index in [4.69, 9.17) is 9.47 Å². The van der Waals surface area contributed by atoms with E-state index in [0.717, 1.165) is 12.8 Å². The number of alkyl halides is 1. The number of hydrogen-bond donors (Lipinski definition) is 1. The van der Waals surface area contributed by atoms with Crippen molar-refractivity contribution in [3.63, 3.8) is 0 Å². The smallest absolute Gasteiger partial charge is 0.314 e. The van der Waals surface area contributed by atoms with Gasteiger partial charge in [0.15, 0.2) is 11.5 Å². The van der Waals surface area contributed by atoms with E-state index in [1.807, 2.05) is 0 Å². The molecule has 0 aliphatic heterocycles. The summed E-state index contributed by atoms with van der Waals surface area (Å²) < 4.78 is 25.3. The SMILES string of the molecule is COc1cc(C(C)(C)F)c(C2(C(=O)O)CCCC2)cc1OC. The Morgan fingerprint density at radius 3 is 2.09 bits per heavy atom. The van der Waals surface area contributed by atoms with Gasteiger partial charge in [0.1, 0.15) is 5.67 Å². The van der Waals surface area contributed by atoms with E-state index in [1.54, 1.807) is 12.1 Å². The number of carboxylic acid groups (broad SMARTS) is 1. The van der Waals surface area contributed by atoms with Gasteiger partial charge in [0, 0.05) is 0 Å². The van der Waals surface area contributed by atoms with Gasteiger partial charge in [0.05, 0.1) is 19.6 Å². The number of carboxylic acids is 1. The first kappa shape index (κ1) is 16.6. The summed E-state index contributed by atoms with van der Waals surface area (Å²) >= 11 is 0. The zero-order chi connectivity index (χ0) is 16.5. The van der Waals surface area contributed by atoms with Crippen molar-refractivity contribution in [1.82, 2.24) is 0 Å². The van der Waals surface area contributed by atoms with Gasteiger partial charge in [-0.15, -0.1) is 0 Å². The van der Waals surface area contributed by atoms with Crippen LogP contribution in [-0.4, -0.2) is 25.3 Å². The second-order valence-corrected chi connectivity index (χ2v) is 6.32. The number of rotatable bonds is 5. The molecule has 0 aromatic heterocycles. The molecule has 0 spiro atoms. The molecular formula is C17H23FO4. The van der Waals surface area contributed by atoms with Gasteiger partial charge < -0.3 is 14.6 Å². The maximum atomic E-state index is 14.7. The average molecular weight is 310 g/mol. The fourth-order valence-electron chi connectivity index (χ4n) is 3.34. The number of aliphatic carboxylic acids is 1. The Hall–Kier alpha value is -1.78. The summed E-state index contributed by atoms with van der Waals surface area (Å²) in [5.41, 5.74) is -1.85. The van der Waals surface area contributed by atoms with Crippen LogP contribution in [0.5, 0.6) is 11.5 Å². The summed E-state index contributed by atoms with van der Waals surface area (Å²) in [5, 5.41) is 9.80. The van der Waals surface area contributed by atoms with Crippen LogP contribution in [0.4, 0.5) is 4.39 Å².